The molecule has 8 heteroatoms. The first-order valence-corrected chi connectivity index (χ1v) is 10.4. The van der Waals surface area contributed by atoms with Crippen LogP contribution in [0.5, 0.6) is 11.5 Å². The van der Waals surface area contributed by atoms with Crippen molar-refractivity contribution in [1.82, 2.24) is 4.98 Å². The normalized spacial score (nSPS) is 10.4. The van der Waals surface area contributed by atoms with Crippen LogP contribution in [0.1, 0.15) is 38.9 Å². The average molecular weight is 426 g/mol. The molecule has 0 aliphatic heterocycles. The van der Waals surface area contributed by atoms with Gasteiger partial charge in [-0.25, -0.2) is 4.98 Å². The number of thiazole rings is 1. The molecule has 2 amide bonds. The number of nitrogens with one attached hydrogen (secondary N) is 2. The highest BCUT2D eigenvalue weighted by molar-refractivity contribution is 7.13. The number of amides is 2. The van der Waals surface area contributed by atoms with Gasteiger partial charge in [-0.05, 0) is 32.9 Å². The van der Waals surface area contributed by atoms with E-state index in [2.05, 4.69) is 15.6 Å². The van der Waals surface area contributed by atoms with Gasteiger partial charge in [-0.1, -0.05) is 18.2 Å². The Morgan fingerprint density at radius 3 is 2.00 bits per heavy atom. The van der Waals surface area contributed by atoms with E-state index in [1.165, 1.54) is 17.5 Å². The lowest BCUT2D eigenvalue weighted by molar-refractivity contribution is 0.101. The second kappa shape index (κ2) is 9.89. The quantitative estimate of drug-likeness (QED) is 0.543. The lowest BCUT2D eigenvalue weighted by Gasteiger charge is -2.17. The molecule has 0 unspecified atom stereocenters. The summed E-state index contributed by atoms with van der Waals surface area (Å²) in [6, 6.07) is 12.2. The van der Waals surface area contributed by atoms with E-state index in [0.29, 0.717) is 46.5 Å². The number of nitrogens with zero attached hydrogens (tertiary/aromatic N) is 1. The Hall–Kier alpha value is -3.39. The summed E-state index contributed by atoms with van der Waals surface area (Å²) in [4.78, 5) is 29.8. The maximum absolute atomic E-state index is 12.6. The molecule has 0 saturated carbocycles. The molecule has 0 fully saturated rings. The van der Waals surface area contributed by atoms with Crippen LogP contribution in [0.2, 0.25) is 0 Å². The van der Waals surface area contributed by atoms with Crippen LogP contribution in [-0.4, -0.2) is 30.0 Å². The molecule has 30 heavy (non-hydrogen) atoms. The minimum atomic E-state index is -0.287. The zero-order chi connectivity index (χ0) is 21.5. The second-order valence-corrected chi connectivity index (χ2v) is 7.46. The van der Waals surface area contributed by atoms with Gasteiger partial charge in [0, 0.05) is 17.7 Å². The summed E-state index contributed by atoms with van der Waals surface area (Å²) < 4.78 is 11.4. The van der Waals surface area contributed by atoms with E-state index in [1.807, 2.05) is 26.8 Å². The van der Waals surface area contributed by atoms with Crippen molar-refractivity contribution in [2.24, 2.45) is 0 Å². The highest BCUT2D eigenvalue weighted by atomic mass is 32.1. The van der Waals surface area contributed by atoms with Crippen LogP contribution in [0.4, 0.5) is 11.4 Å². The van der Waals surface area contributed by atoms with Crippen molar-refractivity contribution in [1.29, 1.82) is 0 Å². The fraction of sp³-hybridized carbons (Fsp3) is 0.227. The molecule has 3 rings (SSSR count). The van der Waals surface area contributed by atoms with Gasteiger partial charge >= 0.3 is 0 Å². The number of rotatable bonds is 8. The summed E-state index contributed by atoms with van der Waals surface area (Å²) in [7, 11) is 0. The average Bonchev–Trinajstić information content (AvgIpc) is 3.18. The molecular weight excluding hydrogens is 402 g/mol. The van der Waals surface area contributed by atoms with Gasteiger partial charge in [0.05, 0.1) is 35.8 Å². The first-order chi connectivity index (χ1) is 14.5. The molecule has 3 aromatic rings. The van der Waals surface area contributed by atoms with E-state index in [0.717, 1.165) is 5.01 Å². The number of hydrogen-bond donors (Lipinski definition) is 2. The second-order valence-electron chi connectivity index (χ2n) is 6.23. The number of aryl methyl sites for hydroxylation is 1. The molecular formula is C22H23N3O4S. The molecule has 0 aliphatic carbocycles. The van der Waals surface area contributed by atoms with Crippen molar-refractivity contribution in [2.75, 3.05) is 23.8 Å². The topological polar surface area (TPSA) is 89.6 Å². The zero-order valence-electron chi connectivity index (χ0n) is 17.0. The summed E-state index contributed by atoms with van der Waals surface area (Å²) >= 11 is 1.31. The Balaban J connectivity index is 1.92. The first-order valence-electron chi connectivity index (χ1n) is 9.55. The van der Waals surface area contributed by atoms with E-state index in [-0.39, 0.29) is 11.8 Å². The number of ether oxygens (including phenoxy) is 2. The number of carbonyl (C=O) groups excluding carboxylic acids is 2. The fourth-order valence-corrected chi connectivity index (χ4v) is 3.41. The molecule has 2 aromatic carbocycles. The molecule has 1 aromatic heterocycles. The summed E-state index contributed by atoms with van der Waals surface area (Å²) in [6.07, 6.45) is 1.54. The van der Waals surface area contributed by atoms with Crippen molar-refractivity contribution in [3.05, 3.63) is 64.1 Å². The highest BCUT2D eigenvalue weighted by Gasteiger charge is 2.18. The molecule has 0 bridgehead atoms. The SMILES string of the molecule is CCOc1cc(NC(=O)c2cnc(C)s2)c(OCC)cc1NC(=O)c1ccccc1. The molecule has 0 atom stereocenters. The first kappa shape index (κ1) is 21.3. The lowest BCUT2D eigenvalue weighted by atomic mass is 10.2. The van der Waals surface area contributed by atoms with Crippen LogP contribution in [0.15, 0.2) is 48.7 Å². The fourth-order valence-electron chi connectivity index (χ4n) is 2.74. The predicted octanol–water partition coefficient (Wildman–Crippen LogP) is 4.75. The molecule has 7 nitrogen and oxygen atoms in total. The number of aromatic nitrogens is 1. The third kappa shape index (κ3) is 5.15. The number of benzene rings is 2. The third-order valence-corrected chi connectivity index (χ3v) is 4.97. The van der Waals surface area contributed by atoms with Gasteiger partial charge in [0.25, 0.3) is 11.8 Å². The number of carbonyl (C=O) groups is 2. The van der Waals surface area contributed by atoms with Crippen LogP contribution < -0.4 is 20.1 Å². The number of anilines is 2. The Bertz CT molecular complexity index is 1030. The third-order valence-electron chi connectivity index (χ3n) is 4.06. The summed E-state index contributed by atoms with van der Waals surface area (Å²) in [5, 5.41) is 6.52. The van der Waals surface area contributed by atoms with E-state index in [4.69, 9.17) is 9.47 Å². The monoisotopic (exact) mass is 425 g/mol. The van der Waals surface area contributed by atoms with Gasteiger partial charge in [-0.3, -0.25) is 9.59 Å². The van der Waals surface area contributed by atoms with Crippen LogP contribution in [-0.2, 0) is 0 Å². The van der Waals surface area contributed by atoms with E-state index >= 15 is 0 Å². The van der Waals surface area contributed by atoms with Crippen molar-refractivity contribution >= 4 is 34.5 Å². The smallest absolute Gasteiger partial charge is 0.267 e. The maximum Gasteiger partial charge on any atom is 0.267 e. The van der Waals surface area contributed by atoms with Crippen molar-refractivity contribution < 1.29 is 19.1 Å². The van der Waals surface area contributed by atoms with Crippen LogP contribution in [0, 0.1) is 6.92 Å². The summed E-state index contributed by atoms with van der Waals surface area (Å²) in [6.45, 7) is 6.31. The maximum atomic E-state index is 12.6. The highest BCUT2D eigenvalue weighted by Crippen LogP contribution is 2.37. The minimum Gasteiger partial charge on any atom is -0.492 e. The molecule has 2 N–H and O–H groups in total. The zero-order valence-corrected chi connectivity index (χ0v) is 17.8. The van der Waals surface area contributed by atoms with Crippen molar-refractivity contribution in [3.8, 4) is 11.5 Å². The van der Waals surface area contributed by atoms with Crippen LogP contribution >= 0.6 is 11.3 Å². The predicted molar refractivity (Wildman–Crippen MR) is 118 cm³/mol. The van der Waals surface area contributed by atoms with Gasteiger partial charge in [-0.2, -0.15) is 0 Å². The summed E-state index contributed by atoms with van der Waals surface area (Å²) in [5.41, 5.74) is 1.44. The van der Waals surface area contributed by atoms with Gasteiger partial charge in [0.2, 0.25) is 0 Å². The standard InChI is InChI=1S/C22H23N3O4S/c1-4-28-18-12-17(25-22(27)20-13-23-14(3)30-20)19(29-5-2)11-16(18)24-21(26)15-9-7-6-8-10-15/h6-13H,4-5H2,1-3H3,(H,24,26)(H,25,27). The minimum absolute atomic E-state index is 0.268. The van der Waals surface area contributed by atoms with E-state index in [1.54, 1.807) is 36.4 Å². The van der Waals surface area contributed by atoms with Crippen molar-refractivity contribution in [3.63, 3.8) is 0 Å². The van der Waals surface area contributed by atoms with E-state index < -0.39 is 0 Å². The Morgan fingerprint density at radius 1 is 0.933 bits per heavy atom. The largest absolute Gasteiger partial charge is 0.492 e. The Labute approximate surface area is 179 Å². The molecule has 0 saturated heterocycles. The van der Waals surface area contributed by atoms with Gasteiger partial charge in [0.15, 0.2) is 0 Å². The van der Waals surface area contributed by atoms with Gasteiger partial charge < -0.3 is 20.1 Å². The molecule has 1 heterocycles. The van der Waals surface area contributed by atoms with Crippen LogP contribution in [0.3, 0.4) is 0 Å². The van der Waals surface area contributed by atoms with Crippen LogP contribution in [0.25, 0.3) is 0 Å². The van der Waals surface area contributed by atoms with Gasteiger partial charge in [-0.15, -0.1) is 11.3 Å². The van der Waals surface area contributed by atoms with Crippen molar-refractivity contribution in [2.45, 2.75) is 20.8 Å². The number of hydrogen-bond acceptors (Lipinski definition) is 6. The molecule has 0 aliphatic rings. The Morgan fingerprint density at radius 2 is 1.50 bits per heavy atom. The molecule has 156 valence electrons. The van der Waals surface area contributed by atoms with E-state index in [9.17, 15) is 9.59 Å². The van der Waals surface area contributed by atoms with Gasteiger partial charge in [0.1, 0.15) is 16.4 Å². The Kier molecular flexibility index (Phi) is 7.03. The molecule has 0 spiro atoms. The lowest BCUT2D eigenvalue weighted by Crippen LogP contribution is -2.15. The molecule has 0 radical (unpaired) electrons. The summed E-state index contributed by atoms with van der Waals surface area (Å²) in [5.74, 6) is 0.306.